The van der Waals surface area contributed by atoms with Gasteiger partial charge in [-0.3, -0.25) is 0 Å². The maximum Gasteiger partial charge on any atom is 0.179 e. The Morgan fingerprint density at radius 3 is 1.28 bits per heavy atom. The van der Waals surface area contributed by atoms with Crippen LogP contribution in [0.2, 0.25) is 0 Å². The Kier molecular flexibility index (Phi) is 11.5. The van der Waals surface area contributed by atoms with E-state index in [1.807, 2.05) is 54.6 Å². The molecular formula is C69H47N3OSi. The molecular weight excluding hydrogens is 915 g/mol. The van der Waals surface area contributed by atoms with Gasteiger partial charge in [-0.05, 0) is 95.6 Å². The van der Waals surface area contributed by atoms with Gasteiger partial charge in [0, 0.05) is 21.9 Å². The molecule has 0 fully saturated rings. The van der Waals surface area contributed by atoms with Gasteiger partial charge < -0.3 is 4.42 Å². The Bertz CT molecular complexity index is 4010. The third kappa shape index (κ3) is 8.02. The molecule has 0 aliphatic heterocycles. The van der Waals surface area contributed by atoms with Gasteiger partial charge in [-0.25, -0.2) is 15.0 Å². The zero-order valence-electron chi connectivity index (χ0n) is 40.4. The van der Waals surface area contributed by atoms with Crippen LogP contribution < -0.4 is 20.7 Å². The molecule has 13 rings (SSSR count). The predicted octanol–water partition coefficient (Wildman–Crippen LogP) is 14.8. The number of hydrogen-bond donors (Lipinski definition) is 0. The lowest BCUT2D eigenvalue weighted by molar-refractivity contribution is 0.669. The first-order valence-electron chi connectivity index (χ1n) is 25.1. The average Bonchev–Trinajstić information content (AvgIpc) is 3.89. The van der Waals surface area contributed by atoms with Gasteiger partial charge in [0.15, 0.2) is 25.5 Å². The zero-order valence-corrected chi connectivity index (χ0v) is 41.4. The standard InChI is InChI=1S/C69H47N3OSi/c1-7-24-48(25-8-1)54-46-62(51-30-21-32-53(44-51)68-70-67(50-28-11-3-12-29-50)71-69(72-68)61-42-23-41-60-59-40-19-20-43-64(59)73-66(60)61)65(49-26-9-2-10-27-49)63(47-54)52-31-22-39-58(45-52)74(55-33-13-4-14-34-55,56-35-15-5-16-36-56)57-37-17-6-18-38-57/h1-47H. The Morgan fingerprint density at radius 1 is 0.257 bits per heavy atom. The number of para-hydroxylation sites is 2. The maximum absolute atomic E-state index is 6.55. The summed E-state index contributed by atoms with van der Waals surface area (Å²) in [6, 6.07) is 102. The summed E-state index contributed by atoms with van der Waals surface area (Å²) in [4.78, 5) is 15.7. The minimum Gasteiger partial charge on any atom is -0.455 e. The summed E-state index contributed by atoms with van der Waals surface area (Å²) in [6.07, 6.45) is 0. The molecule has 0 N–H and O–H groups in total. The molecule has 2 heterocycles. The molecule has 0 saturated carbocycles. The van der Waals surface area contributed by atoms with Crippen molar-refractivity contribution in [1.29, 1.82) is 0 Å². The average molecular weight is 962 g/mol. The first-order chi connectivity index (χ1) is 36.7. The van der Waals surface area contributed by atoms with Gasteiger partial charge in [-0.15, -0.1) is 0 Å². The smallest absolute Gasteiger partial charge is 0.179 e. The number of furan rings is 1. The van der Waals surface area contributed by atoms with E-state index in [-0.39, 0.29) is 0 Å². The molecule has 0 aliphatic rings. The van der Waals surface area contributed by atoms with Crippen molar-refractivity contribution in [2.24, 2.45) is 0 Å². The van der Waals surface area contributed by atoms with E-state index in [4.69, 9.17) is 19.4 Å². The number of nitrogens with zero attached hydrogens (tertiary/aromatic N) is 3. The van der Waals surface area contributed by atoms with E-state index in [9.17, 15) is 0 Å². The van der Waals surface area contributed by atoms with Crippen LogP contribution >= 0.6 is 0 Å². The summed E-state index contributed by atoms with van der Waals surface area (Å²) < 4.78 is 6.55. The number of rotatable bonds is 11. The normalized spacial score (nSPS) is 11.5. The summed E-state index contributed by atoms with van der Waals surface area (Å²) in [5.41, 5.74) is 13.1. The summed E-state index contributed by atoms with van der Waals surface area (Å²) in [6.45, 7) is 0. The molecule has 0 spiro atoms. The first-order valence-corrected chi connectivity index (χ1v) is 27.1. The largest absolute Gasteiger partial charge is 0.455 e. The van der Waals surface area contributed by atoms with Crippen LogP contribution in [0, 0.1) is 0 Å². The number of fused-ring (bicyclic) bond motifs is 3. The summed E-state index contributed by atoms with van der Waals surface area (Å²) in [5.74, 6) is 1.70. The van der Waals surface area contributed by atoms with Crippen LogP contribution in [0.25, 0.3) is 101 Å². The molecule has 0 bridgehead atoms. The molecule has 4 nitrogen and oxygen atoms in total. The highest BCUT2D eigenvalue weighted by Crippen LogP contribution is 2.44. The maximum atomic E-state index is 6.55. The van der Waals surface area contributed by atoms with Gasteiger partial charge in [0.2, 0.25) is 0 Å². The molecule has 5 heteroatoms. The van der Waals surface area contributed by atoms with Crippen LogP contribution in [-0.2, 0) is 0 Å². The second-order valence-corrected chi connectivity index (χ2v) is 22.5. The highest BCUT2D eigenvalue weighted by molar-refractivity contribution is 7.19. The lowest BCUT2D eigenvalue weighted by Gasteiger charge is -2.34. The molecule has 0 saturated heterocycles. The van der Waals surface area contributed by atoms with Crippen LogP contribution in [0.3, 0.4) is 0 Å². The summed E-state index contributed by atoms with van der Waals surface area (Å²) >= 11 is 0. The van der Waals surface area contributed by atoms with E-state index in [0.717, 1.165) is 83.1 Å². The second-order valence-electron chi connectivity index (χ2n) is 18.6. The van der Waals surface area contributed by atoms with E-state index in [1.54, 1.807) is 0 Å². The van der Waals surface area contributed by atoms with Crippen molar-refractivity contribution in [3.8, 4) is 78.7 Å². The molecule has 0 amide bonds. The molecule has 74 heavy (non-hydrogen) atoms. The van der Waals surface area contributed by atoms with Crippen LogP contribution in [0.1, 0.15) is 0 Å². The van der Waals surface area contributed by atoms with Gasteiger partial charge in [0.25, 0.3) is 0 Å². The first kappa shape index (κ1) is 44.4. The van der Waals surface area contributed by atoms with Gasteiger partial charge in [0.05, 0.1) is 5.56 Å². The van der Waals surface area contributed by atoms with Crippen molar-refractivity contribution in [2.45, 2.75) is 0 Å². The molecule has 0 atom stereocenters. The second kappa shape index (κ2) is 19.2. The van der Waals surface area contributed by atoms with E-state index in [1.165, 1.54) is 20.7 Å². The molecule has 13 aromatic rings. The topological polar surface area (TPSA) is 51.8 Å². The number of benzene rings is 11. The van der Waals surface area contributed by atoms with Crippen LogP contribution in [0.15, 0.2) is 290 Å². The van der Waals surface area contributed by atoms with E-state index in [0.29, 0.717) is 17.5 Å². The van der Waals surface area contributed by atoms with Crippen molar-refractivity contribution in [2.75, 3.05) is 0 Å². The monoisotopic (exact) mass is 961 g/mol. The number of hydrogen-bond acceptors (Lipinski definition) is 4. The quantitative estimate of drug-likeness (QED) is 0.0957. The Morgan fingerprint density at radius 2 is 0.676 bits per heavy atom. The fraction of sp³-hybridized carbons (Fsp3) is 0. The van der Waals surface area contributed by atoms with E-state index in [2.05, 4.69) is 231 Å². The molecule has 0 unspecified atom stereocenters. The molecule has 11 aromatic carbocycles. The van der Waals surface area contributed by atoms with Gasteiger partial charge in [-0.1, -0.05) is 255 Å². The highest BCUT2D eigenvalue weighted by Gasteiger charge is 2.41. The van der Waals surface area contributed by atoms with Crippen molar-refractivity contribution >= 4 is 50.8 Å². The molecule has 2 aromatic heterocycles. The van der Waals surface area contributed by atoms with Crippen molar-refractivity contribution in [3.63, 3.8) is 0 Å². The predicted molar refractivity (Wildman–Crippen MR) is 309 cm³/mol. The van der Waals surface area contributed by atoms with Crippen LogP contribution in [-0.4, -0.2) is 23.0 Å². The molecule has 0 aliphatic carbocycles. The lowest BCUT2D eigenvalue weighted by Crippen LogP contribution is -2.74. The Balaban J connectivity index is 1.04. The third-order valence-corrected chi connectivity index (χ3v) is 19.1. The van der Waals surface area contributed by atoms with E-state index >= 15 is 0 Å². The fourth-order valence-electron chi connectivity index (χ4n) is 10.9. The summed E-state index contributed by atoms with van der Waals surface area (Å²) in [7, 11) is -2.87. The van der Waals surface area contributed by atoms with Gasteiger partial charge >= 0.3 is 0 Å². The van der Waals surface area contributed by atoms with Gasteiger partial charge in [0.1, 0.15) is 11.2 Å². The minimum atomic E-state index is -2.87. The highest BCUT2D eigenvalue weighted by atomic mass is 28.3. The number of aromatic nitrogens is 3. The van der Waals surface area contributed by atoms with Crippen LogP contribution in [0.4, 0.5) is 0 Å². The SMILES string of the molecule is c1ccc(-c2cc(-c3cccc(-c4nc(-c5ccccc5)nc(-c5cccc6c5oc5ccccc56)n4)c3)c(-c3ccccc3)c(-c3cccc([Si](c4ccccc4)(c4ccccc4)c4ccccc4)c3)c2)cc1. The zero-order chi connectivity index (χ0) is 49.3. The Hall–Kier alpha value is -9.55. The van der Waals surface area contributed by atoms with Gasteiger partial charge in [-0.2, -0.15) is 0 Å². The lowest BCUT2D eigenvalue weighted by atomic mass is 9.84. The van der Waals surface area contributed by atoms with E-state index < -0.39 is 8.07 Å². The summed E-state index contributed by atoms with van der Waals surface area (Å²) in [5, 5.41) is 7.38. The minimum absolute atomic E-state index is 0.545. The van der Waals surface area contributed by atoms with Crippen molar-refractivity contribution in [3.05, 3.63) is 285 Å². The molecule has 0 radical (unpaired) electrons. The Labute approximate surface area is 431 Å². The van der Waals surface area contributed by atoms with Crippen LogP contribution in [0.5, 0.6) is 0 Å². The van der Waals surface area contributed by atoms with Crippen molar-refractivity contribution in [1.82, 2.24) is 15.0 Å². The fourth-order valence-corrected chi connectivity index (χ4v) is 15.7. The third-order valence-electron chi connectivity index (χ3n) is 14.3. The van der Waals surface area contributed by atoms with Crippen molar-refractivity contribution < 1.29 is 4.42 Å². The molecule has 348 valence electrons.